The van der Waals surface area contributed by atoms with E-state index in [0.717, 1.165) is 5.69 Å². The molecular weight excluding hydrogens is 378 g/mol. The zero-order valence-electron chi connectivity index (χ0n) is 16.0. The Morgan fingerprint density at radius 1 is 0.833 bits per heavy atom. The summed E-state index contributed by atoms with van der Waals surface area (Å²) in [5, 5.41) is 14.0. The summed E-state index contributed by atoms with van der Waals surface area (Å²) >= 11 is 0. The average Bonchev–Trinajstić information content (AvgIpc) is 2.81. The van der Waals surface area contributed by atoms with Crippen molar-refractivity contribution in [1.29, 1.82) is 0 Å². The van der Waals surface area contributed by atoms with Gasteiger partial charge in [-0.15, -0.1) is 10.2 Å². The average molecular weight is 397 g/mol. The number of amides is 1. The van der Waals surface area contributed by atoms with Crippen LogP contribution in [0.15, 0.2) is 91.1 Å². The summed E-state index contributed by atoms with van der Waals surface area (Å²) in [5.41, 5.74) is 1.63. The van der Waals surface area contributed by atoms with Crippen molar-refractivity contribution < 1.29 is 9.53 Å². The molecule has 1 amide bonds. The largest absolute Gasteiger partial charge is 0.455 e. The lowest BCUT2D eigenvalue weighted by Gasteiger charge is -2.12. The van der Waals surface area contributed by atoms with Gasteiger partial charge in [-0.3, -0.25) is 9.78 Å². The number of carbonyl (C=O) groups is 1. The molecule has 0 aliphatic rings. The highest BCUT2D eigenvalue weighted by Crippen LogP contribution is 2.29. The fraction of sp³-hybridized carbons (Fsp3) is 0.0435. The zero-order chi connectivity index (χ0) is 20.6. The van der Waals surface area contributed by atoms with Crippen LogP contribution in [0, 0.1) is 0 Å². The van der Waals surface area contributed by atoms with E-state index in [1.165, 1.54) is 0 Å². The van der Waals surface area contributed by atoms with Gasteiger partial charge in [-0.25, -0.2) is 0 Å². The summed E-state index contributed by atoms with van der Waals surface area (Å²) < 4.78 is 5.87. The standard InChI is InChI=1S/C23H19N5O2/c29-23(20-13-14-22(28-27-20)25-16-17-8-6-7-15-24-17)26-19-11-4-5-12-21(19)30-18-9-2-1-3-10-18/h1-15H,16H2,(H,25,28)(H,26,29). The van der Waals surface area contributed by atoms with E-state index in [-0.39, 0.29) is 11.6 Å². The number of pyridine rings is 1. The maximum Gasteiger partial charge on any atom is 0.276 e. The molecule has 2 aromatic carbocycles. The Balaban J connectivity index is 1.40. The highest BCUT2D eigenvalue weighted by molar-refractivity contribution is 6.03. The first-order chi connectivity index (χ1) is 14.8. The molecule has 4 aromatic rings. The van der Waals surface area contributed by atoms with Gasteiger partial charge in [-0.1, -0.05) is 36.4 Å². The minimum Gasteiger partial charge on any atom is -0.455 e. The Bertz CT molecular complexity index is 1100. The van der Waals surface area contributed by atoms with Gasteiger partial charge in [-0.05, 0) is 48.5 Å². The molecule has 4 rings (SSSR count). The summed E-state index contributed by atoms with van der Waals surface area (Å²) in [5.74, 6) is 1.41. The molecule has 2 heterocycles. The number of anilines is 2. The van der Waals surface area contributed by atoms with Crippen molar-refractivity contribution >= 4 is 17.4 Å². The van der Waals surface area contributed by atoms with E-state index in [1.807, 2.05) is 60.7 Å². The lowest BCUT2D eigenvalue weighted by molar-refractivity contribution is 0.102. The van der Waals surface area contributed by atoms with E-state index in [1.54, 1.807) is 30.5 Å². The van der Waals surface area contributed by atoms with Gasteiger partial charge in [0.15, 0.2) is 11.4 Å². The minimum absolute atomic E-state index is 0.202. The maximum atomic E-state index is 12.6. The molecule has 2 N–H and O–H groups in total. The molecule has 0 radical (unpaired) electrons. The van der Waals surface area contributed by atoms with Gasteiger partial charge in [0.1, 0.15) is 11.6 Å². The van der Waals surface area contributed by atoms with Gasteiger partial charge in [-0.2, -0.15) is 0 Å². The highest BCUT2D eigenvalue weighted by Gasteiger charge is 2.12. The summed E-state index contributed by atoms with van der Waals surface area (Å²) in [6, 6.07) is 25.6. The van der Waals surface area contributed by atoms with Crippen molar-refractivity contribution in [3.05, 3.63) is 103 Å². The smallest absolute Gasteiger partial charge is 0.276 e. The summed E-state index contributed by atoms with van der Waals surface area (Å²) in [7, 11) is 0. The van der Waals surface area contributed by atoms with Crippen LogP contribution in [-0.2, 0) is 6.54 Å². The molecule has 0 spiro atoms. The van der Waals surface area contributed by atoms with E-state index in [2.05, 4.69) is 25.8 Å². The molecule has 0 aliphatic heterocycles. The molecule has 2 aromatic heterocycles. The fourth-order valence-corrected chi connectivity index (χ4v) is 2.69. The molecule has 7 heteroatoms. The monoisotopic (exact) mass is 397 g/mol. The third-order valence-electron chi connectivity index (χ3n) is 4.18. The second kappa shape index (κ2) is 9.29. The number of hydrogen-bond acceptors (Lipinski definition) is 6. The number of rotatable bonds is 7. The van der Waals surface area contributed by atoms with Gasteiger partial charge in [0.05, 0.1) is 17.9 Å². The predicted molar refractivity (Wildman–Crippen MR) is 115 cm³/mol. The molecule has 0 saturated carbocycles. The fourth-order valence-electron chi connectivity index (χ4n) is 2.69. The summed E-state index contributed by atoms with van der Waals surface area (Å²) in [6.45, 7) is 0.519. The van der Waals surface area contributed by atoms with E-state index in [9.17, 15) is 4.79 Å². The third-order valence-corrected chi connectivity index (χ3v) is 4.18. The first-order valence-corrected chi connectivity index (χ1v) is 9.39. The molecule has 0 fully saturated rings. The number of carbonyl (C=O) groups excluding carboxylic acids is 1. The molecule has 0 aliphatic carbocycles. The van der Waals surface area contributed by atoms with Gasteiger partial charge < -0.3 is 15.4 Å². The van der Waals surface area contributed by atoms with Crippen LogP contribution >= 0.6 is 0 Å². The van der Waals surface area contributed by atoms with E-state index in [0.29, 0.717) is 29.5 Å². The second-order valence-corrected chi connectivity index (χ2v) is 6.34. The van der Waals surface area contributed by atoms with Crippen molar-refractivity contribution in [3.63, 3.8) is 0 Å². The van der Waals surface area contributed by atoms with Crippen molar-refractivity contribution in [3.8, 4) is 11.5 Å². The first kappa shape index (κ1) is 19.1. The van der Waals surface area contributed by atoms with Crippen LogP contribution < -0.4 is 15.4 Å². The lowest BCUT2D eigenvalue weighted by atomic mass is 10.2. The lowest BCUT2D eigenvalue weighted by Crippen LogP contribution is -2.15. The van der Waals surface area contributed by atoms with Crippen LogP contribution in [0.4, 0.5) is 11.5 Å². The number of nitrogens with one attached hydrogen (secondary N) is 2. The number of para-hydroxylation sites is 3. The Labute approximate surface area is 173 Å². The zero-order valence-corrected chi connectivity index (χ0v) is 16.0. The van der Waals surface area contributed by atoms with Gasteiger partial charge >= 0.3 is 0 Å². The molecule has 0 atom stereocenters. The molecular formula is C23H19N5O2. The van der Waals surface area contributed by atoms with Crippen molar-refractivity contribution in [2.75, 3.05) is 10.6 Å². The Morgan fingerprint density at radius 2 is 1.63 bits per heavy atom. The van der Waals surface area contributed by atoms with Crippen LogP contribution in [0.1, 0.15) is 16.2 Å². The molecule has 0 unspecified atom stereocenters. The second-order valence-electron chi connectivity index (χ2n) is 6.34. The highest BCUT2D eigenvalue weighted by atomic mass is 16.5. The number of hydrogen-bond donors (Lipinski definition) is 2. The van der Waals surface area contributed by atoms with Crippen LogP contribution in [0.2, 0.25) is 0 Å². The summed E-state index contributed by atoms with van der Waals surface area (Å²) in [4.78, 5) is 16.8. The van der Waals surface area contributed by atoms with Crippen molar-refractivity contribution in [1.82, 2.24) is 15.2 Å². The topological polar surface area (TPSA) is 89.0 Å². The minimum atomic E-state index is -0.372. The molecule has 148 valence electrons. The predicted octanol–water partition coefficient (Wildman–Crippen LogP) is 4.53. The Kier molecular flexibility index (Phi) is 5.91. The normalized spacial score (nSPS) is 10.3. The van der Waals surface area contributed by atoms with E-state index < -0.39 is 0 Å². The molecule has 30 heavy (non-hydrogen) atoms. The van der Waals surface area contributed by atoms with Gasteiger partial charge in [0, 0.05) is 6.20 Å². The van der Waals surface area contributed by atoms with Crippen LogP contribution in [0.3, 0.4) is 0 Å². The van der Waals surface area contributed by atoms with Crippen LogP contribution in [0.5, 0.6) is 11.5 Å². The van der Waals surface area contributed by atoms with E-state index in [4.69, 9.17) is 4.74 Å². The quantitative estimate of drug-likeness (QED) is 0.476. The van der Waals surface area contributed by atoms with Crippen LogP contribution in [-0.4, -0.2) is 21.1 Å². The molecule has 0 bridgehead atoms. The molecule has 7 nitrogen and oxygen atoms in total. The summed E-state index contributed by atoms with van der Waals surface area (Å²) in [6.07, 6.45) is 1.73. The van der Waals surface area contributed by atoms with Gasteiger partial charge in [0.2, 0.25) is 0 Å². The van der Waals surface area contributed by atoms with Crippen molar-refractivity contribution in [2.45, 2.75) is 6.54 Å². The van der Waals surface area contributed by atoms with Crippen LogP contribution in [0.25, 0.3) is 0 Å². The number of benzene rings is 2. The Morgan fingerprint density at radius 3 is 2.40 bits per heavy atom. The van der Waals surface area contributed by atoms with E-state index >= 15 is 0 Å². The number of nitrogens with zero attached hydrogens (tertiary/aromatic N) is 3. The SMILES string of the molecule is O=C(Nc1ccccc1Oc1ccccc1)c1ccc(NCc2ccccn2)nn1. The number of ether oxygens (including phenoxy) is 1. The third kappa shape index (κ3) is 4.96. The molecule has 0 saturated heterocycles. The first-order valence-electron chi connectivity index (χ1n) is 9.39. The number of aromatic nitrogens is 3. The van der Waals surface area contributed by atoms with Gasteiger partial charge in [0.25, 0.3) is 5.91 Å². The maximum absolute atomic E-state index is 12.6. The van der Waals surface area contributed by atoms with Crippen molar-refractivity contribution in [2.24, 2.45) is 0 Å². The Hall–Kier alpha value is -4.26.